The van der Waals surface area contributed by atoms with Crippen molar-refractivity contribution in [2.24, 2.45) is 0 Å². The number of alkyl halides is 75. The van der Waals surface area contributed by atoms with E-state index in [0.29, 0.717) is 0 Å². The maximum absolute atomic E-state index is 7.32. The van der Waals surface area contributed by atoms with Crippen LogP contribution in [0.2, 0.25) is 0 Å². The topological polar surface area (TPSA) is 23.8 Å². The van der Waals surface area contributed by atoms with Gasteiger partial charge in [-0.15, -0.1) is 0 Å². The summed E-state index contributed by atoms with van der Waals surface area (Å²) in [4.78, 5) is 0. The van der Waals surface area contributed by atoms with Gasteiger partial charge < -0.3 is 0 Å². The lowest BCUT2D eigenvalue weighted by molar-refractivity contribution is 1.49. The molecular weight excluding hydrogens is 3000 g/mol. The summed E-state index contributed by atoms with van der Waals surface area (Å²) in [5.41, 5.74) is 0. The number of halogens is 75. The van der Waals surface area contributed by atoms with E-state index in [1.165, 1.54) is 6.92 Å². The van der Waals surface area contributed by atoms with Crippen LogP contribution in [0.4, 0.5) is 0 Å². The monoisotopic (exact) mass is 2990 g/mol. The normalized spacial score (nSPS) is 8.82. The van der Waals surface area contributed by atoms with E-state index in [4.69, 9.17) is 875 Å². The molecule has 0 aromatic heterocycles. The molecule has 103 heavy (non-hydrogen) atoms. The summed E-state index contributed by atoms with van der Waals surface area (Å²) in [5, 5.41) is 7.32. The Kier molecular flexibility index (Phi) is 370. The third kappa shape index (κ3) is 4020. The molecule has 1 nitrogen and oxygen atoms in total. The summed E-state index contributed by atoms with van der Waals surface area (Å²) in [6.07, 6.45) is 0. The maximum atomic E-state index is 7.32. The summed E-state index contributed by atoms with van der Waals surface area (Å²) >= 11 is 360. The second-order valence-electron chi connectivity index (χ2n) is 6.41. The first-order chi connectivity index (χ1) is 44.7. The zero-order valence-electron chi connectivity index (χ0n) is 44.7. The summed E-state index contributed by atoms with van der Waals surface area (Å²) in [6.45, 7) is 1.43. The molecule has 0 fully saturated rings. The Balaban J connectivity index is -0.0000000249. The van der Waals surface area contributed by atoms with Crippen LogP contribution in [-0.4, -0.2) is 107 Å². The number of rotatable bonds is 0. The first-order valence-electron chi connectivity index (χ1n) is 17.1. The molecule has 0 heterocycles. The molecule has 0 aliphatic rings. The molecule has 0 rings (SSSR count). The van der Waals surface area contributed by atoms with Gasteiger partial charge in [-0.1, -0.05) is 870 Å². The Hall–Kier alpha value is 21.2. The lowest BCUT2D eigenvalue weighted by atomic mass is 11.0. The van der Waals surface area contributed by atoms with Crippen molar-refractivity contribution in [2.45, 2.75) is 114 Å². The predicted molar refractivity (Wildman–Crippen MR) is 545 cm³/mol. The Morgan fingerprint density at radius 2 is 0.0971 bits per heavy atom. The minimum atomic E-state index is -0.750. The summed E-state index contributed by atoms with van der Waals surface area (Å²) < 4.78 is -18.7. The molecule has 76 heteroatoms. The van der Waals surface area contributed by atoms with Gasteiger partial charge in [0.05, 0.1) is 6.07 Å². The van der Waals surface area contributed by atoms with Gasteiger partial charge in [0.15, 0.2) is 107 Å². The van der Waals surface area contributed by atoms with Gasteiger partial charge >= 0.3 is 0 Å². The average Bonchev–Trinajstić information content (AvgIpc) is 3.19. The molecule has 0 aromatic rings. The fourth-order valence-corrected chi connectivity index (χ4v) is 0. The van der Waals surface area contributed by atoms with Gasteiger partial charge in [-0.2, -0.15) is 5.26 Å². The maximum Gasteiger partial charge on any atom is 0.180 e. The van der Waals surface area contributed by atoms with Crippen LogP contribution in [-0.2, 0) is 0 Å². The Morgan fingerprint density at radius 1 is 0.0971 bits per heavy atom. The lowest BCUT2D eigenvalue weighted by Gasteiger charge is -1.69. The smallest absolute Gasteiger partial charge is 0.180 e. The third-order valence-corrected chi connectivity index (χ3v) is 0. The molecule has 0 saturated carbocycles. The van der Waals surface area contributed by atoms with Gasteiger partial charge in [-0.25, -0.2) is 0 Å². The van der Waals surface area contributed by atoms with Crippen molar-refractivity contribution in [1.82, 2.24) is 0 Å². The number of nitriles is 1. The molecule has 0 N–H and O–H groups in total. The van der Waals surface area contributed by atoms with Crippen molar-refractivity contribution in [3.05, 3.63) is 0 Å². The van der Waals surface area contributed by atoms with Crippen LogP contribution in [0, 0.1) is 11.3 Å². The van der Waals surface area contributed by atoms with Crippen LogP contribution in [0.1, 0.15) is 6.92 Å². The lowest BCUT2D eigenvalue weighted by Crippen LogP contribution is -1.55. The van der Waals surface area contributed by atoms with Crippen LogP contribution in [0.25, 0.3) is 0 Å². The quantitative estimate of drug-likeness (QED) is 0.222. The molecule has 0 amide bonds. The van der Waals surface area contributed by atoms with Gasteiger partial charge in [0.25, 0.3) is 0 Å². The summed E-state index contributed by atoms with van der Waals surface area (Å²) in [7, 11) is 0. The van der Waals surface area contributed by atoms with E-state index in [9.17, 15) is 0 Å². The molecule has 0 atom stereocenters. The van der Waals surface area contributed by atoms with E-state index in [-0.39, 0.29) is 0 Å². The van der Waals surface area contributed by atoms with E-state index in [2.05, 4.69) is 0 Å². The zero-order valence-corrected chi connectivity index (χ0v) is 101. The van der Waals surface area contributed by atoms with Crippen molar-refractivity contribution < 1.29 is 0 Å². The van der Waals surface area contributed by atoms with Gasteiger partial charge in [0.2, 0.25) is 0 Å². The van der Waals surface area contributed by atoms with E-state index >= 15 is 0 Å². The van der Waals surface area contributed by atoms with E-state index < -0.39 is 107 Å². The second kappa shape index (κ2) is 195. The summed E-state index contributed by atoms with van der Waals surface area (Å²) in [5.74, 6) is 0. The highest BCUT2D eigenvalue weighted by Crippen LogP contribution is 2.13. The standard InChI is InChI=1S/C2H3N.25CHCl3/c1-2-3;25*2-1(3)4/h1H3;25*1H. The van der Waals surface area contributed by atoms with Crippen LogP contribution < -0.4 is 0 Å². The highest BCUT2D eigenvalue weighted by Gasteiger charge is 1.87. The molecule has 0 spiro atoms. The highest BCUT2D eigenvalue weighted by molar-refractivity contribution is 6.72. The van der Waals surface area contributed by atoms with Crippen molar-refractivity contribution in [2.75, 3.05) is 0 Å². The van der Waals surface area contributed by atoms with E-state index in [0.717, 1.165) is 0 Å². The van der Waals surface area contributed by atoms with E-state index in [1.807, 2.05) is 0 Å². The highest BCUT2D eigenvalue weighted by atomic mass is 35.7. The first kappa shape index (κ1) is 196. The van der Waals surface area contributed by atoms with Gasteiger partial charge in [-0.05, 0) is 0 Å². The number of hydrogen-bond acceptors (Lipinski definition) is 1. The fraction of sp³-hybridized carbons (Fsp3) is 0.963. The Labute approximate surface area is 977 Å². The largest absolute Gasteiger partial charge is 0.199 e. The van der Waals surface area contributed by atoms with Crippen molar-refractivity contribution in [1.29, 1.82) is 5.26 Å². The molecule has 0 aromatic carbocycles. The molecule has 0 saturated heterocycles. The summed E-state index contributed by atoms with van der Waals surface area (Å²) in [6, 6.07) is 1.75. The predicted octanol–water partition coefficient (Wildman–Crippen LogP) is 50.2. The minimum Gasteiger partial charge on any atom is -0.199 e. The van der Waals surface area contributed by atoms with Crippen molar-refractivity contribution >= 4 is 870 Å². The SMILES string of the molecule is CC#N.ClC(Cl)Cl.ClC(Cl)Cl.ClC(Cl)Cl.ClC(Cl)Cl.ClC(Cl)Cl.ClC(Cl)Cl.ClC(Cl)Cl.ClC(Cl)Cl.ClC(Cl)Cl.ClC(Cl)Cl.ClC(Cl)Cl.ClC(Cl)Cl.ClC(Cl)Cl.ClC(Cl)Cl.ClC(Cl)Cl.ClC(Cl)Cl.ClC(Cl)Cl.ClC(Cl)Cl.ClC(Cl)Cl.ClC(Cl)Cl.ClC(Cl)Cl.ClC(Cl)Cl.ClC(Cl)Cl.ClC(Cl)Cl.ClC(Cl)Cl. The second-order valence-corrected chi connectivity index (χ2v) is 55.9. The Morgan fingerprint density at radius 3 is 0.0971 bits per heavy atom. The van der Waals surface area contributed by atoms with Crippen molar-refractivity contribution in [3.8, 4) is 6.07 Å². The van der Waals surface area contributed by atoms with Gasteiger partial charge in [-0.3, -0.25) is 0 Å². The van der Waals surface area contributed by atoms with Crippen LogP contribution >= 0.6 is 870 Å². The number of hydrogen-bond donors (Lipinski definition) is 0. The number of nitrogens with zero attached hydrogens (tertiary/aromatic N) is 1. The molecular formula is C27H28Cl75N. The zero-order chi connectivity index (χ0) is 92.1. The minimum absolute atomic E-state index is 0.750. The fourth-order valence-electron chi connectivity index (χ4n) is 0. The van der Waals surface area contributed by atoms with Gasteiger partial charge in [0.1, 0.15) is 0 Å². The van der Waals surface area contributed by atoms with Crippen LogP contribution in [0.5, 0.6) is 0 Å². The Bertz CT molecular complexity index is 644. The van der Waals surface area contributed by atoms with E-state index in [1.54, 1.807) is 6.07 Å². The van der Waals surface area contributed by atoms with Crippen LogP contribution in [0.15, 0.2) is 0 Å². The first-order valence-corrected chi connectivity index (χ1v) is 49.8. The molecule has 0 aliphatic heterocycles. The molecule has 0 bridgehead atoms. The average molecular weight is 3030 g/mol. The molecule has 666 valence electrons. The van der Waals surface area contributed by atoms with Crippen molar-refractivity contribution in [3.63, 3.8) is 0 Å². The third-order valence-electron chi connectivity index (χ3n) is 0. The van der Waals surface area contributed by atoms with Crippen LogP contribution in [0.3, 0.4) is 0 Å². The van der Waals surface area contributed by atoms with Gasteiger partial charge in [0, 0.05) is 6.92 Å². The molecule has 0 aliphatic carbocycles. The molecule has 0 radical (unpaired) electrons. The molecule has 0 unspecified atom stereocenters.